The highest BCUT2D eigenvalue weighted by molar-refractivity contribution is 6.18. The van der Waals surface area contributed by atoms with E-state index < -0.39 is 0 Å². The van der Waals surface area contributed by atoms with Crippen LogP contribution >= 0.6 is 0 Å². The van der Waals surface area contributed by atoms with Crippen molar-refractivity contribution in [2.24, 2.45) is 0 Å². The van der Waals surface area contributed by atoms with Crippen LogP contribution in [0, 0.1) is 0 Å². The van der Waals surface area contributed by atoms with Gasteiger partial charge in [-0.2, -0.15) is 0 Å². The Morgan fingerprint density at radius 1 is 0.400 bits per heavy atom. The number of benzene rings is 7. The van der Waals surface area contributed by atoms with Gasteiger partial charge in [-0.25, -0.2) is 9.97 Å². The Morgan fingerprint density at radius 2 is 1.10 bits per heavy atom. The third-order valence-electron chi connectivity index (χ3n) is 9.75. The molecule has 7 aromatic carbocycles. The predicted octanol–water partition coefficient (Wildman–Crippen LogP) is 11.7. The van der Waals surface area contributed by atoms with Crippen LogP contribution in [-0.2, 0) is 0 Å². The molecule has 0 saturated heterocycles. The minimum atomic E-state index is 0.706. The van der Waals surface area contributed by atoms with Gasteiger partial charge in [0.05, 0.1) is 27.8 Å². The summed E-state index contributed by atoms with van der Waals surface area (Å²) < 4.78 is 4.70. The average Bonchev–Trinajstić information content (AvgIpc) is 3.78. The van der Waals surface area contributed by atoms with Crippen molar-refractivity contribution >= 4 is 43.6 Å². The molecule has 10 aromatic rings. The van der Waals surface area contributed by atoms with E-state index in [1.807, 2.05) is 12.1 Å². The van der Waals surface area contributed by atoms with E-state index in [0.29, 0.717) is 5.82 Å². The van der Waals surface area contributed by atoms with Crippen molar-refractivity contribution in [2.45, 2.75) is 0 Å². The molecule has 234 valence electrons. The molecule has 0 aliphatic rings. The van der Waals surface area contributed by atoms with Gasteiger partial charge in [-0.1, -0.05) is 115 Å². The molecule has 4 heteroatoms. The maximum absolute atomic E-state index is 5.23. The summed E-state index contributed by atoms with van der Waals surface area (Å²) in [7, 11) is 0. The lowest BCUT2D eigenvalue weighted by Gasteiger charge is -2.13. The van der Waals surface area contributed by atoms with Crippen LogP contribution in [0.1, 0.15) is 0 Å². The molecule has 0 amide bonds. The number of fused-ring (bicyclic) bond motifs is 6. The standard InChI is InChI=1S/C46H30N4/c1-3-12-31(13-4-1)34-14-11-15-35(30-34)43-40-19-7-9-20-41(40)47-46(48-43)33-22-25-37(26-23-33)50-42-21-10-8-18-38(42)39-27-24-32-28-29-49(44(32)45(39)50)36-16-5-2-6-17-36/h1-30H. The largest absolute Gasteiger partial charge is 0.315 e. The monoisotopic (exact) mass is 638 g/mol. The third-order valence-corrected chi connectivity index (χ3v) is 9.75. The van der Waals surface area contributed by atoms with E-state index in [1.165, 1.54) is 38.3 Å². The van der Waals surface area contributed by atoms with Gasteiger partial charge in [0.1, 0.15) is 0 Å². The topological polar surface area (TPSA) is 35.6 Å². The van der Waals surface area contributed by atoms with E-state index in [2.05, 4.69) is 179 Å². The first kappa shape index (κ1) is 28.3. The maximum Gasteiger partial charge on any atom is 0.160 e. The summed E-state index contributed by atoms with van der Waals surface area (Å²) in [5, 5.41) is 4.70. The zero-order valence-electron chi connectivity index (χ0n) is 27.1. The summed E-state index contributed by atoms with van der Waals surface area (Å²) in [4.78, 5) is 10.3. The van der Waals surface area contributed by atoms with Crippen molar-refractivity contribution in [3.8, 4) is 45.1 Å². The molecule has 3 aromatic heterocycles. The van der Waals surface area contributed by atoms with Crippen molar-refractivity contribution in [1.29, 1.82) is 0 Å². The quantitative estimate of drug-likeness (QED) is 0.188. The third kappa shape index (κ3) is 4.54. The van der Waals surface area contributed by atoms with Gasteiger partial charge in [-0.05, 0) is 71.8 Å². The lowest BCUT2D eigenvalue weighted by atomic mass is 9.99. The van der Waals surface area contributed by atoms with Crippen LogP contribution in [0.2, 0.25) is 0 Å². The van der Waals surface area contributed by atoms with Gasteiger partial charge in [0.25, 0.3) is 0 Å². The molecule has 0 fully saturated rings. The van der Waals surface area contributed by atoms with Crippen LogP contribution in [0.15, 0.2) is 182 Å². The predicted molar refractivity (Wildman–Crippen MR) is 207 cm³/mol. The Morgan fingerprint density at radius 3 is 1.94 bits per heavy atom. The average molecular weight is 639 g/mol. The summed E-state index contributed by atoms with van der Waals surface area (Å²) in [5.74, 6) is 0.706. The van der Waals surface area contributed by atoms with Crippen LogP contribution in [0.4, 0.5) is 0 Å². The van der Waals surface area contributed by atoms with Crippen LogP contribution in [0.3, 0.4) is 0 Å². The Balaban J connectivity index is 1.14. The lowest BCUT2D eigenvalue weighted by molar-refractivity contribution is 1.11. The normalized spacial score (nSPS) is 11.6. The van der Waals surface area contributed by atoms with E-state index in [4.69, 9.17) is 9.97 Å². The zero-order chi connectivity index (χ0) is 33.0. The molecular weight excluding hydrogens is 609 g/mol. The fraction of sp³-hybridized carbons (Fsp3) is 0. The van der Waals surface area contributed by atoms with Gasteiger partial charge in [0, 0.05) is 50.2 Å². The molecule has 0 bridgehead atoms. The summed E-state index contributed by atoms with van der Waals surface area (Å²) in [5.41, 5.74) is 12.0. The number of hydrogen-bond donors (Lipinski definition) is 0. The van der Waals surface area contributed by atoms with E-state index in [1.54, 1.807) is 0 Å². The molecular formula is C46H30N4. The van der Waals surface area contributed by atoms with Gasteiger partial charge < -0.3 is 9.13 Å². The molecule has 10 rings (SSSR count). The van der Waals surface area contributed by atoms with E-state index in [0.717, 1.165) is 44.7 Å². The van der Waals surface area contributed by atoms with E-state index in [-0.39, 0.29) is 0 Å². The fourth-order valence-electron chi connectivity index (χ4n) is 7.41. The zero-order valence-corrected chi connectivity index (χ0v) is 27.1. The first-order valence-electron chi connectivity index (χ1n) is 16.9. The van der Waals surface area contributed by atoms with Crippen molar-refractivity contribution < 1.29 is 0 Å². The highest BCUT2D eigenvalue weighted by Crippen LogP contribution is 2.38. The molecule has 0 unspecified atom stereocenters. The first-order chi connectivity index (χ1) is 24.8. The summed E-state index contributed by atoms with van der Waals surface area (Å²) in [6, 6.07) is 62.1. The number of para-hydroxylation sites is 3. The first-order valence-corrected chi connectivity index (χ1v) is 16.9. The molecule has 0 N–H and O–H groups in total. The van der Waals surface area contributed by atoms with Crippen LogP contribution in [-0.4, -0.2) is 19.1 Å². The number of hydrogen-bond acceptors (Lipinski definition) is 2. The van der Waals surface area contributed by atoms with Gasteiger partial charge in [-0.15, -0.1) is 0 Å². The molecule has 0 radical (unpaired) electrons. The van der Waals surface area contributed by atoms with Gasteiger partial charge >= 0.3 is 0 Å². The van der Waals surface area contributed by atoms with Gasteiger partial charge in [-0.3, -0.25) is 0 Å². The van der Waals surface area contributed by atoms with Crippen molar-refractivity contribution in [3.05, 3.63) is 182 Å². The van der Waals surface area contributed by atoms with Crippen LogP contribution in [0.25, 0.3) is 88.8 Å². The molecule has 0 atom stereocenters. The molecule has 0 aliphatic heterocycles. The Kier molecular flexibility index (Phi) is 6.46. The number of rotatable bonds is 5. The Hall–Kier alpha value is -6.78. The summed E-state index contributed by atoms with van der Waals surface area (Å²) in [6.07, 6.45) is 2.18. The Bertz CT molecular complexity index is 2850. The van der Waals surface area contributed by atoms with Gasteiger partial charge in [0.2, 0.25) is 0 Å². The second-order valence-electron chi connectivity index (χ2n) is 12.7. The second-order valence-corrected chi connectivity index (χ2v) is 12.7. The number of aromatic nitrogens is 4. The van der Waals surface area contributed by atoms with Crippen LogP contribution < -0.4 is 0 Å². The molecule has 0 aliphatic carbocycles. The van der Waals surface area contributed by atoms with Crippen molar-refractivity contribution in [1.82, 2.24) is 19.1 Å². The van der Waals surface area contributed by atoms with E-state index in [9.17, 15) is 0 Å². The minimum Gasteiger partial charge on any atom is -0.315 e. The Labute approximate surface area is 289 Å². The summed E-state index contributed by atoms with van der Waals surface area (Å²) >= 11 is 0. The second kappa shape index (κ2) is 11.4. The molecule has 4 nitrogen and oxygen atoms in total. The SMILES string of the molecule is c1ccc(-c2cccc(-c3nc(-c4ccc(-n5c6ccccc6c6ccc7ccn(-c8ccccc8)c7c65)cc4)nc4ccccc34)c2)cc1. The van der Waals surface area contributed by atoms with Crippen molar-refractivity contribution in [2.75, 3.05) is 0 Å². The van der Waals surface area contributed by atoms with Crippen molar-refractivity contribution in [3.63, 3.8) is 0 Å². The maximum atomic E-state index is 5.23. The molecule has 50 heavy (non-hydrogen) atoms. The lowest BCUT2D eigenvalue weighted by Crippen LogP contribution is -1.99. The highest BCUT2D eigenvalue weighted by Gasteiger charge is 2.18. The minimum absolute atomic E-state index is 0.706. The van der Waals surface area contributed by atoms with Crippen LogP contribution in [0.5, 0.6) is 0 Å². The smallest absolute Gasteiger partial charge is 0.160 e. The molecule has 0 saturated carbocycles. The van der Waals surface area contributed by atoms with Gasteiger partial charge in [0.15, 0.2) is 5.82 Å². The molecule has 3 heterocycles. The van der Waals surface area contributed by atoms with E-state index >= 15 is 0 Å². The fourth-order valence-corrected chi connectivity index (χ4v) is 7.41. The summed E-state index contributed by atoms with van der Waals surface area (Å²) in [6.45, 7) is 0. The molecule has 0 spiro atoms. The highest BCUT2D eigenvalue weighted by atomic mass is 15.0. The number of nitrogens with zero attached hydrogens (tertiary/aromatic N) is 4.